The van der Waals surface area contributed by atoms with Gasteiger partial charge in [-0.2, -0.15) is 0 Å². The van der Waals surface area contributed by atoms with Gasteiger partial charge in [0.2, 0.25) is 0 Å². The van der Waals surface area contributed by atoms with Crippen molar-refractivity contribution in [3.8, 4) is 11.5 Å². The zero-order valence-electron chi connectivity index (χ0n) is 11.7. The number of ether oxygens (including phenoxy) is 2. The van der Waals surface area contributed by atoms with Gasteiger partial charge < -0.3 is 14.8 Å². The third kappa shape index (κ3) is 3.20. The van der Waals surface area contributed by atoms with Crippen LogP contribution in [0, 0.1) is 13.8 Å². The van der Waals surface area contributed by atoms with Crippen LogP contribution in [0.5, 0.6) is 11.5 Å². The second kappa shape index (κ2) is 5.97. The maximum atomic E-state index is 5.37. The summed E-state index contributed by atoms with van der Waals surface area (Å²) in [6, 6.07) is 8.01. The van der Waals surface area contributed by atoms with Crippen molar-refractivity contribution in [2.45, 2.75) is 20.4 Å². The molecule has 0 atom stereocenters. The summed E-state index contributed by atoms with van der Waals surface area (Å²) in [6.45, 7) is 5.09. The minimum atomic E-state index is 0.795. The summed E-state index contributed by atoms with van der Waals surface area (Å²) in [7, 11) is 3.32. The fourth-order valence-corrected chi connectivity index (χ4v) is 2.94. The van der Waals surface area contributed by atoms with Crippen LogP contribution in [-0.4, -0.2) is 14.2 Å². The van der Waals surface area contributed by atoms with Crippen LogP contribution in [0.4, 0.5) is 5.69 Å². The summed E-state index contributed by atoms with van der Waals surface area (Å²) in [4.78, 5) is 2.70. The first-order valence-corrected chi connectivity index (χ1v) is 6.97. The summed E-state index contributed by atoms with van der Waals surface area (Å²) in [5.74, 6) is 1.59. The maximum Gasteiger partial charge on any atom is 0.145 e. The fraction of sp³-hybridized carbons (Fsp3) is 0.333. The lowest BCUT2D eigenvalue weighted by atomic mass is 10.2. The van der Waals surface area contributed by atoms with Crippen LogP contribution in [0.25, 0.3) is 0 Å². The molecule has 1 heterocycles. The van der Waals surface area contributed by atoms with Crippen molar-refractivity contribution in [3.05, 3.63) is 39.6 Å². The third-order valence-electron chi connectivity index (χ3n) is 3.02. The Morgan fingerprint density at radius 1 is 1.11 bits per heavy atom. The van der Waals surface area contributed by atoms with Crippen LogP contribution in [0.15, 0.2) is 24.3 Å². The highest BCUT2D eigenvalue weighted by Crippen LogP contribution is 2.30. The molecule has 3 nitrogen and oxygen atoms in total. The molecule has 1 N–H and O–H groups in total. The van der Waals surface area contributed by atoms with Crippen molar-refractivity contribution in [2.24, 2.45) is 0 Å². The molecule has 19 heavy (non-hydrogen) atoms. The van der Waals surface area contributed by atoms with Gasteiger partial charge in [-0.15, -0.1) is 11.3 Å². The van der Waals surface area contributed by atoms with Crippen molar-refractivity contribution in [2.75, 3.05) is 19.5 Å². The van der Waals surface area contributed by atoms with Crippen LogP contribution in [0.1, 0.15) is 15.3 Å². The van der Waals surface area contributed by atoms with E-state index in [-0.39, 0.29) is 0 Å². The average molecular weight is 277 g/mol. The van der Waals surface area contributed by atoms with Gasteiger partial charge in [0.25, 0.3) is 0 Å². The van der Waals surface area contributed by atoms with Crippen molar-refractivity contribution in [1.29, 1.82) is 0 Å². The van der Waals surface area contributed by atoms with E-state index in [9.17, 15) is 0 Å². The molecule has 1 aromatic heterocycles. The summed E-state index contributed by atoms with van der Waals surface area (Å²) < 4.78 is 10.6. The molecule has 0 bridgehead atoms. The topological polar surface area (TPSA) is 30.5 Å². The van der Waals surface area contributed by atoms with Gasteiger partial charge in [-0.05, 0) is 37.6 Å². The molecule has 4 heteroatoms. The molecule has 0 fully saturated rings. The molecule has 0 aliphatic carbocycles. The van der Waals surface area contributed by atoms with Crippen LogP contribution < -0.4 is 14.8 Å². The second-order valence-corrected chi connectivity index (χ2v) is 5.82. The Morgan fingerprint density at radius 2 is 1.89 bits per heavy atom. The Labute approximate surface area is 118 Å². The lowest BCUT2D eigenvalue weighted by Crippen LogP contribution is -2.01. The second-order valence-electron chi connectivity index (χ2n) is 4.36. The summed E-state index contributed by atoms with van der Waals surface area (Å²) in [6.07, 6.45) is 0. The van der Waals surface area contributed by atoms with Crippen LogP contribution in [0.2, 0.25) is 0 Å². The molecule has 0 aliphatic rings. The van der Waals surface area contributed by atoms with Crippen molar-refractivity contribution in [1.82, 2.24) is 0 Å². The van der Waals surface area contributed by atoms with Gasteiger partial charge in [0.1, 0.15) is 11.5 Å². The van der Waals surface area contributed by atoms with E-state index in [0.29, 0.717) is 0 Å². The zero-order valence-corrected chi connectivity index (χ0v) is 12.6. The number of aryl methyl sites for hydroxylation is 2. The van der Waals surface area contributed by atoms with E-state index in [0.717, 1.165) is 23.7 Å². The highest BCUT2D eigenvalue weighted by Gasteiger charge is 2.07. The van der Waals surface area contributed by atoms with Gasteiger partial charge in [0, 0.05) is 22.4 Å². The number of rotatable bonds is 5. The Balaban J connectivity index is 2.13. The number of thiophene rings is 1. The number of anilines is 1. The maximum absolute atomic E-state index is 5.37. The SMILES string of the molecule is COc1ccc(NCc2cc(C)sc2C)c(OC)c1. The molecule has 0 saturated carbocycles. The van der Waals surface area contributed by atoms with E-state index in [2.05, 4.69) is 25.2 Å². The van der Waals surface area contributed by atoms with E-state index in [1.165, 1.54) is 15.3 Å². The van der Waals surface area contributed by atoms with E-state index in [1.54, 1.807) is 14.2 Å². The van der Waals surface area contributed by atoms with Gasteiger partial charge in [-0.1, -0.05) is 0 Å². The van der Waals surface area contributed by atoms with Gasteiger partial charge in [0.15, 0.2) is 0 Å². The predicted octanol–water partition coefficient (Wildman–Crippen LogP) is 3.99. The lowest BCUT2D eigenvalue weighted by molar-refractivity contribution is 0.395. The van der Waals surface area contributed by atoms with Crippen molar-refractivity contribution >= 4 is 17.0 Å². The smallest absolute Gasteiger partial charge is 0.145 e. The minimum absolute atomic E-state index is 0.795. The number of methoxy groups -OCH3 is 2. The minimum Gasteiger partial charge on any atom is -0.497 e. The zero-order chi connectivity index (χ0) is 13.8. The normalized spacial score (nSPS) is 10.3. The first-order valence-electron chi connectivity index (χ1n) is 6.16. The summed E-state index contributed by atoms with van der Waals surface area (Å²) in [5, 5.41) is 3.41. The molecule has 2 aromatic rings. The molecule has 102 valence electrons. The molecule has 2 rings (SSSR count). The molecule has 0 radical (unpaired) electrons. The van der Waals surface area contributed by atoms with Gasteiger partial charge in [0.05, 0.1) is 19.9 Å². The molecular weight excluding hydrogens is 258 g/mol. The lowest BCUT2D eigenvalue weighted by Gasteiger charge is -2.12. The Bertz CT molecular complexity index is 563. The first kappa shape index (κ1) is 13.7. The summed E-state index contributed by atoms with van der Waals surface area (Å²) in [5.41, 5.74) is 2.31. The predicted molar refractivity (Wildman–Crippen MR) is 80.7 cm³/mol. The highest BCUT2D eigenvalue weighted by atomic mass is 32.1. The van der Waals surface area contributed by atoms with Gasteiger partial charge >= 0.3 is 0 Å². The van der Waals surface area contributed by atoms with Gasteiger partial charge in [-0.3, -0.25) is 0 Å². The van der Waals surface area contributed by atoms with E-state index < -0.39 is 0 Å². The number of nitrogens with one attached hydrogen (secondary N) is 1. The van der Waals surface area contributed by atoms with Crippen molar-refractivity contribution in [3.63, 3.8) is 0 Å². The number of hydrogen-bond donors (Lipinski definition) is 1. The quantitative estimate of drug-likeness (QED) is 0.896. The Kier molecular flexibility index (Phi) is 4.32. The first-order chi connectivity index (χ1) is 9.13. The molecule has 0 spiro atoms. The highest BCUT2D eigenvalue weighted by molar-refractivity contribution is 7.12. The van der Waals surface area contributed by atoms with Crippen molar-refractivity contribution < 1.29 is 9.47 Å². The number of hydrogen-bond acceptors (Lipinski definition) is 4. The molecule has 0 saturated heterocycles. The monoisotopic (exact) mass is 277 g/mol. The third-order valence-corrected chi connectivity index (χ3v) is 4.03. The standard InChI is InChI=1S/C15H19NO2S/c1-10-7-12(11(2)19-10)9-16-14-6-5-13(17-3)8-15(14)18-4/h5-8,16H,9H2,1-4H3. The average Bonchev–Trinajstić information content (AvgIpc) is 2.74. The van der Waals surface area contributed by atoms with Gasteiger partial charge in [-0.25, -0.2) is 0 Å². The molecule has 0 unspecified atom stereocenters. The Morgan fingerprint density at radius 3 is 2.47 bits per heavy atom. The van der Waals surface area contributed by atoms with Crippen LogP contribution in [-0.2, 0) is 6.54 Å². The Hall–Kier alpha value is -1.68. The number of benzene rings is 1. The van der Waals surface area contributed by atoms with E-state index in [4.69, 9.17) is 9.47 Å². The molecule has 0 amide bonds. The molecule has 1 aromatic carbocycles. The molecule has 0 aliphatic heterocycles. The van der Waals surface area contributed by atoms with E-state index in [1.807, 2.05) is 29.5 Å². The largest absolute Gasteiger partial charge is 0.497 e. The van der Waals surface area contributed by atoms with E-state index >= 15 is 0 Å². The van der Waals surface area contributed by atoms with Crippen LogP contribution in [0.3, 0.4) is 0 Å². The fourth-order valence-electron chi connectivity index (χ4n) is 1.99. The summed E-state index contributed by atoms with van der Waals surface area (Å²) >= 11 is 1.83. The molecular formula is C15H19NO2S. The van der Waals surface area contributed by atoms with Crippen LogP contribution >= 0.6 is 11.3 Å².